The highest BCUT2D eigenvalue weighted by Gasteiger charge is 2.33. The molecule has 2 fully saturated rings. The predicted molar refractivity (Wildman–Crippen MR) is 135 cm³/mol. The van der Waals surface area contributed by atoms with Gasteiger partial charge in [-0.2, -0.15) is 5.26 Å². The van der Waals surface area contributed by atoms with Gasteiger partial charge >= 0.3 is 0 Å². The lowest BCUT2D eigenvalue weighted by molar-refractivity contribution is -0.138. The standard InChI is InChI=1S/C26H30N6OS/c1-18-19(2)34-25-23(18)24(28-17-29-25)31-10-8-21(9-11-31)26(33)32-14-12-30(13-15-32)22(16-27)20-6-4-3-5-7-20/h3-7,17,21-22H,8-15H2,1-2H3. The van der Waals surface area contributed by atoms with Crippen molar-refractivity contribution in [3.63, 3.8) is 0 Å². The van der Waals surface area contributed by atoms with Crippen molar-refractivity contribution in [2.75, 3.05) is 44.2 Å². The van der Waals surface area contributed by atoms with Gasteiger partial charge < -0.3 is 9.80 Å². The molecule has 5 rings (SSSR count). The zero-order chi connectivity index (χ0) is 23.7. The molecule has 2 aliphatic heterocycles. The molecule has 7 nitrogen and oxygen atoms in total. The molecule has 2 aromatic heterocycles. The molecule has 0 bridgehead atoms. The van der Waals surface area contributed by atoms with Crippen LogP contribution in [0.15, 0.2) is 36.7 Å². The van der Waals surface area contributed by atoms with Crippen LogP contribution in [0.5, 0.6) is 0 Å². The Bertz CT molecular complexity index is 1200. The maximum atomic E-state index is 13.3. The van der Waals surface area contributed by atoms with Crippen molar-refractivity contribution in [1.82, 2.24) is 19.8 Å². The number of hydrogen-bond acceptors (Lipinski definition) is 7. The lowest BCUT2D eigenvalue weighted by Crippen LogP contribution is -2.52. The van der Waals surface area contributed by atoms with Crippen molar-refractivity contribution in [3.05, 3.63) is 52.7 Å². The zero-order valence-electron chi connectivity index (χ0n) is 19.8. The van der Waals surface area contributed by atoms with E-state index in [1.807, 2.05) is 35.2 Å². The fourth-order valence-electron chi connectivity index (χ4n) is 5.20. The predicted octanol–water partition coefficient (Wildman–Crippen LogP) is 3.93. The number of nitrogens with zero attached hydrogens (tertiary/aromatic N) is 6. The summed E-state index contributed by atoms with van der Waals surface area (Å²) < 4.78 is 0. The van der Waals surface area contributed by atoms with Crippen LogP contribution in [0.25, 0.3) is 10.2 Å². The molecule has 0 radical (unpaired) electrons. The number of aryl methyl sites for hydroxylation is 2. The number of carbonyl (C=O) groups is 1. The average Bonchev–Trinajstić information content (AvgIpc) is 3.18. The topological polar surface area (TPSA) is 76.4 Å². The molecule has 0 saturated carbocycles. The number of thiophene rings is 1. The number of benzene rings is 1. The van der Waals surface area contributed by atoms with Crippen molar-refractivity contribution < 1.29 is 4.79 Å². The number of piperazine rings is 1. The summed E-state index contributed by atoms with van der Waals surface area (Å²) in [6, 6.07) is 12.1. The summed E-state index contributed by atoms with van der Waals surface area (Å²) in [7, 11) is 0. The first-order chi connectivity index (χ1) is 16.6. The van der Waals surface area contributed by atoms with Crippen LogP contribution in [0.1, 0.15) is 34.9 Å². The maximum absolute atomic E-state index is 13.3. The molecule has 1 atom stereocenters. The summed E-state index contributed by atoms with van der Waals surface area (Å²) in [5.74, 6) is 1.34. The number of piperidine rings is 1. The molecule has 1 aromatic carbocycles. The van der Waals surface area contributed by atoms with Crippen molar-refractivity contribution in [2.24, 2.45) is 5.92 Å². The van der Waals surface area contributed by atoms with Gasteiger partial charge in [0.05, 0.1) is 11.5 Å². The number of anilines is 1. The quantitative estimate of drug-likeness (QED) is 0.570. The molecule has 1 unspecified atom stereocenters. The van der Waals surface area contributed by atoms with E-state index in [1.165, 1.54) is 10.4 Å². The molecule has 8 heteroatoms. The number of fused-ring (bicyclic) bond motifs is 1. The van der Waals surface area contributed by atoms with Crippen LogP contribution in [0.4, 0.5) is 5.82 Å². The van der Waals surface area contributed by atoms with E-state index in [0.717, 1.165) is 60.6 Å². The van der Waals surface area contributed by atoms with Crippen LogP contribution < -0.4 is 4.90 Å². The van der Waals surface area contributed by atoms with E-state index in [1.54, 1.807) is 17.7 Å². The summed E-state index contributed by atoms with van der Waals surface area (Å²) in [6.07, 6.45) is 3.35. The summed E-state index contributed by atoms with van der Waals surface area (Å²) >= 11 is 1.72. The summed E-state index contributed by atoms with van der Waals surface area (Å²) in [5.41, 5.74) is 2.28. The summed E-state index contributed by atoms with van der Waals surface area (Å²) in [6.45, 7) is 8.78. The lowest BCUT2D eigenvalue weighted by atomic mass is 9.94. The molecule has 176 valence electrons. The third-order valence-corrected chi connectivity index (χ3v) is 8.43. The third-order valence-electron chi connectivity index (χ3n) is 7.32. The zero-order valence-corrected chi connectivity index (χ0v) is 20.6. The van der Waals surface area contributed by atoms with Gasteiger partial charge in [-0.25, -0.2) is 9.97 Å². The minimum Gasteiger partial charge on any atom is -0.356 e. The molecule has 34 heavy (non-hydrogen) atoms. The highest BCUT2D eigenvalue weighted by atomic mass is 32.1. The van der Waals surface area contributed by atoms with Crippen molar-refractivity contribution in [2.45, 2.75) is 32.7 Å². The monoisotopic (exact) mass is 474 g/mol. The Balaban J connectivity index is 1.18. The van der Waals surface area contributed by atoms with Gasteiger partial charge in [0.2, 0.25) is 5.91 Å². The van der Waals surface area contributed by atoms with Crippen LogP contribution in [0, 0.1) is 31.1 Å². The maximum Gasteiger partial charge on any atom is 0.225 e. The summed E-state index contributed by atoms with van der Waals surface area (Å²) in [5, 5.41) is 10.9. The van der Waals surface area contributed by atoms with E-state index in [0.29, 0.717) is 13.1 Å². The van der Waals surface area contributed by atoms with Gasteiger partial charge in [0, 0.05) is 50.1 Å². The Hall–Kier alpha value is -3.02. The Morgan fingerprint density at radius 2 is 1.76 bits per heavy atom. The molecule has 1 amide bonds. The van der Waals surface area contributed by atoms with Gasteiger partial charge in [0.1, 0.15) is 23.0 Å². The molecular weight excluding hydrogens is 444 g/mol. The van der Waals surface area contributed by atoms with Crippen LogP contribution in [-0.2, 0) is 4.79 Å². The fraction of sp³-hybridized carbons (Fsp3) is 0.462. The Morgan fingerprint density at radius 1 is 1.06 bits per heavy atom. The minimum absolute atomic E-state index is 0.0614. The van der Waals surface area contributed by atoms with E-state index in [-0.39, 0.29) is 17.9 Å². The third kappa shape index (κ3) is 4.26. The smallest absolute Gasteiger partial charge is 0.225 e. The number of carbonyl (C=O) groups excluding carboxylic acids is 1. The van der Waals surface area contributed by atoms with Gasteiger partial charge in [-0.15, -0.1) is 11.3 Å². The van der Waals surface area contributed by atoms with Gasteiger partial charge in [-0.05, 0) is 37.8 Å². The van der Waals surface area contributed by atoms with E-state index in [4.69, 9.17) is 0 Å². The number of nitriles is 1. The van der Waals surface area contributed by atoms with Crippen LogP contribution in [-0.4, -0.2) is 64.9 Å². The van der Waals surface area contributed by atoms with Crippen LogP contribution in [0.2, 0.25) is 0 Å². The second-order valence-corrected chi connectivity index (χ2v) is 10.4. The van der Waals surface area contributed by atoms with Crippen molar-refractivity contribution in [1.29, 1.82) is 5.26 Å². The lowest BCUT2D eigenvalue weighted by Gasteiger charge is -2.40. The number of rotatable bonds is 4. The Labute approximate surface area is 204 Å². The first-order valence-electron chi connectivity index (χ1n) is 12.0. The number of amides is 1. The van der Waals surface area contributed by atoms with E-state index < -0.39 is 0 Å². The van der Waals surface area contributed by atoms with Gasteiger partial charge in [0.25, 0.3) is 0 Å². The van der Waals surface area contributed by atoms with Gasteiger partial charge in [-0.3, -0.25) is 9.69 Å². The molecule has 0 aliphatic carbocycles. The van der Waals surface area contributed by atoms with Crippen molar-refractivity contribution >= 4 is 33.3 Å². The normalized spacial score (nSPS) is 18.7. The SMILES string of the molecule is Cc1sc2ncnc(N3CCC(C(=O)N4CCN(C(C#N)c5ccccc5)CC4)CC3)c2c1C. The largest absolute Gasteiger partial charge is 0.356 e. The highest BCUT2D eigenvalue weighted by molar-refractivity contribution is 7.18. The van der Waals surface area contributed by atoms with E-state index in [2.05, 4.69) is 39.7 Å². The van der Waals surface area contributed by atoms with Crippen LogP contribution >= 0.6 is 11.3 Å². The Kier molecular flexibility index (Phi) is 6.48. The fourth-order valence-corrected chi connectivity index (χ4v) is 6.19. The van der Waals surface area contributed by atoms with E-state index in [9.17, 15) is 10.1 Å². The highest BCUT2D eigenvalue weighted by Crippen LogP contribution is 2.36. The molecular formula is C26H30N6OS. The summed E-state index contributed by atoms with van der Waals surface area (Å²) in [4.78, 5) is 31.2. The molecule has 4 heterocycles. The minimum atomic E-state index is -0.254. The second kappa shape index (κ2) is 9.69. The van der Waals surface area contributed by atoms with Gasteiger partial charge in [-0.1, -0.05) is 30.3 Å². The second-order valence-electron chi connectivity index (χ2n) is 9.23. The molecule has 2 saturated heterocycles. The number of aromatic nitrogens is 2. The Morgan fingerprint density at radius 3 is 2.44 bits per heavy atom. The molecule has 3 aromatic rings. The van der Waals surface area contributed by atoms with Crippen molar-refractivity contribution in [3.8, 4) is 6.07 Å². The first kappa shape index (κ1) is 22.8. The van der Waals surface area contributed by atoms with Gasteiger partial charge in [0.15, 0.2) is 0 Å². The number of hydrogen-bond donors (Lipinski definition) is 0. The van der Waals surface area contributed by atoms with E-state index >= 15 is 0 Å². The van der Waals surface area contributed by atoms with Crippen LogP contribution in [0.3, 0.4) is 0 Å². The molecule has 0 spiro atoms. The molecule has 0 N–H and O–H groups in total. The first-order valence-corrected chi connectivity index (χ1v) is 12.8. The average molecular weight is 475 g/mol. The molecule has 2 aliphatic rings.